The number of hydrogen-bond acceptors (Lipinski definition) is 2. The van der Waals surface area contributed by atoms with Crippen molar-refractivity contribution in [2.24, 2.45) is 0 Å². The molecule has 0 radical (unpaired) electrons. The van der Waals surface area contributed by atoms with Crippen LogP contribution >= 0.6 is 15.9 Å². The van der Waals surface area contributed by atoms with E-state index in [0.29, 0.717) is 0 Å². The Morgan fingerprint density at radius 3 is 2.75 bits per heavy atom. The highest BCUT2D eigenvalue weighted by Crippen LogP contribution is 2.35. The molecule has 0 unspecified atom stereocenters. The number of rotatable bonds is 2. The highest BCUT2D eigenvalue weighted by atomic mass is 79.9. The Bertz CT molecular complexity index is 291. The van der Waals surface area contributed by atoms with Crippen LogP contribution in [0.5, 0.6) is 11.5 Å². The maximum absolute atomic E-state index is 12.6. The fourth-order valence-corrected chi connectivity index (χ4v) is 1.03. The summed E-state index contributed by atoms with van der Waals surface area (Å²) in [5, 5.41) is 9.13. The van der Waals surface area contributed by atoms with Crippen molar-refractivity contribution in [3.63, 3.8) is 0 Å². The standard InChI is InChI=1S/C7H5BrF2O2/c8-6-4(10)1-2-5(7(6)11)12-3-9/h1-2,11H,3H2. The molecule has 66 valence electrons. The smallest absolute Gasteiger partial charge is 0.228 e. The fourth-order valence-electron chi connectivity index (χ4n) is 0.697. The van der Waals surface area contributed by atoms with E-state index in [2.05, 4.69) is 20.7 Å². The molecule has 0 saturated heterocycles. The number of benzene rings is 1. The molecule has 0 spiro atoms. The number of phenolic OH excluding ortho intramolecular Hbond substituents is 1. The predicted molar refractivity (Wildman–Crippen MR) is 42.4 cm³/mol. The Balaban J connectivity index is 3.08. The van der Waals surface area contributed by atoms with Crippen molar-refractivity contribution in [2.75, 3.05) is 6.86 Å². The van der Waals surface area contributed by atoms with Crippen LogP contribution in [-0.4, -0.2) is 12.0 Å². The summed E-state index contributed by atoms with van der Waals surface area (Å²) in [6.45, 7) is -1.06. The van der Waals surface area contributed by atoms with Crippen molar-refractivity contribution in [2.45, 2.75) is 0 Å². The van der Waals surface area contributed by atoms with E-state index in [4.69, 9.17) is 5.11 Å². The van der Waals surface area contributed by atoms with E-state index in [1.165, 1.54) is 0 Å². The van der Waals surface area contributed by atoms with Gasteiger partial charge in [-0.05, 0) is 28.1 Å². The molecule has 0 bridgehead atoms. The Labute approximate surface area is 75.9 Å². The molecule has 1 aromatic carbocycles. The van der Waals surface area contributed by atoms with Gasteiger partial charge in [-0.1, -0.05) is 0 Å². The summed E-state index contributed by atoms with van der Waals surface area (Å²) in [6, 6.07) is 2.21. The molecule has 0 atom stereocenters. The minimum atomic E-state index is -1.06. The Morgan fingerprint density at radius 1 is 1.50 bits per heavy atom. The summed E-state index contributed by atoms with van der Waals surface area (Å²) in [6.07, 6.45) is 0. The van der Waals surface area contributed by atoms with Crippen molar-refractivity contribution in [3.8, 4) is 11.5 Å². The number of hydrogen-bond donors (Lipinski definition) is 1. The highest BCUT2D eigenvalue weighted by Gasteiger charge is 2.10. The summed E-state index contributed by atoms with van der Waals surface area (Å²) in [4.78, 5) is 0. The molecule has 0 aliphatic rings. The lowest BCUT2D eigenvalue weighted by Gasteiger charge is -2.05. The first-order chi connectivity index (χ1) is 5.66. The second kappa shape index (κ2) is 3.71. The van der Waals surface area contributed by atoms with Crippen LogP contribution in [0.2, 0.25) is 0 Å². The van der Waals surface area contributed by atoms with Crippen molar-refractivity contribution in [1.82, 2.24) is 0 Å². The average Bonchev–Trinajstić information content (AvgIpc) is 2.07. The van der Waals surface area contributed by atoms with Crippen LogP contribution in [0.4, 0.5) is 8.78 Å². The van der Waals surface area contributed by atoms with E-state index in [1.54, 1.807) is 0 Å². The second-order valence-electron chi connectivity index (χ2n) is 1.96. The third-order valence-electron chi connectivity index (χ3n) is 1.24. The number of aromatic hydroxyl groups is 1. The van der Waals surface area contributed by atoms with Crippen molar-refractivity contribution < 1.29 is 18.6 Å². The summed E-state index contributed by atoms with van der Waals surface area (Å²) in [7, 11) is 0. The van der Waals surface area contributed by atoms with Gasteiger partial charge < -0.3 is 9.84 Å². The van der Waals surface area contributed by atoms with Crippen LogP contribution in [0.1, 0.15) is 0 Å². The van der Waals surface area contributed by atoms with Crippen LogP contribution in [0.3, 0.4) is 0 Å². The molecule has 5 heteroatoms. The summed E-state index contributed by atoms with van der Waals surface area (Å²) < 4.78 is 28.5. The maximum atomic E-state index is 12.6. The van der Waals surface area contributed by atoms with E-state index in [1.807, 2.05) is 0 Å². The van der Waals surface area contributed by atoms with E-state index in [9.17, 15) is 8.78 Å². The fraction of sp³-hybridized carbons (Fsp3) is 0.143. The second-order valence-corrected chi connectivity index (χ2v) is 2.75. The molecule has 1 N–H and O–H groups in total. The van der Waals surface area contributed by atoms with E-state index >= 15 is 0 Å². The monoisotopic (exact) mass is 238 g/mol. The van der Waals surface area contributed by atoms with Gasteiger partial charge in [0.1, 0.15) is 5.82 Å². The molecular formula is C7H5BrF2O2. The number of phenols is 1. The number of halogens is 3. The molecule has 0 aromatic heterocycles. The van der Waals surface area contributed by atoms with Crippen molar-refractivity contribution >= 4 is 15.9 Å². The first-order valence-electron chi connectivity index (χ1n) is 3.02. The minimum absolute atomic E-state index is 0.0919. The van der Waals surface area contributed by atoms with Crippen LogP contribution in [-0.2, 0) is 0 Å². The number of ether oxygens (including phenoxy) is 1. The van der Waals surface area contributed by atoms with Crippen LogP contribution in [0.25, 0.3) is 0 Å². The van der Waals surface area contributed by atoms with Gasteiger partial charge in [0.15, 0.2) is 11.5 Å². The van der Waals surface area contributed by atoms with E-state index in [0.717, 1.165) is 12.1 Å². The lowest BCUT2D eigenvalue weighted by Crippen LogP contribution is -1.91. The zero-order chi connectivity index (χ0) is 9.14. The zero-order valence-corrected chi connectivity index (χ0v) is 7.44. The highest BCUT2D eigenvalue weighted by molar-refractivity contribution is 9.10. The van der Waals surface area contributed by atoms with Gasteiger partial charge in [0.05, 0.1) is 4.47 Å². The first-order valence-corrected chi connectivity index (χ1v) is 3.82. The molecule has 0 aliphatic carbocycles. The molecule has 1 aromatic rings. The Hall–Kier alpha value is -0.840. The zero-order valence-electron chi connectivity index (χ0n) is 5.85. The molecule has 1 rings (SSSR count). The van der Waals surface area contributed by atoms with E-state index < -0.39 is 18.4 Å². The maximum Gasteiger partial charge on any atom is 0.228 e. The quantitative estimate of drug-likeness (QED) is 0.859. The van der Waals surface area contributed by atoms with Gasteiger partial charge in [-0.15, -0.1) is 0 Å². The molecule has 0 amide bonds. The molecular weight excluding hydrogens is 234 g/mol. The van der Waals surface area contributed by atoms with Gasteiger partial charge in [0, 0.05) is 0 Å². The molecule has 0 aliphatic heterocycles. The SMILES string of the molecule is Oc1c(OCF)ccc(F)c1Br. The lowest BCUT2D eigenvalue weighted by molar-refractivity contribution is 0.185. The molecule has 2 nitrogen and oxygen atoms in total. The van der Waals surface area contributed by atoms with Crippen molar-refractivity contribution in [3.05, 3.63) is 22.4 Å². The molecule has 0 saturated carbocycles. The molecule has 0 heterocycles. The third-order valence-corrected chi connectivity index (χ3v) is 2.00. The van der Waals surface area contributed by atoms with Gasteiger partial charge >= 0.3 is 0 Å². The van der Waals surface area contributed by atoms with Crippen LogP contribution < -0.4 is 4.74 Å². The van der Waals surface area contributed by atoms with E-state index in [-0.39, 0.29) is 10.2 Å². The van der Waals surface area contributed by atoms with Gasteiger partial charge in [-0.2, -0.15) is 0 Å². The van der Waals surface area contributed by atoms with Crippen molar-refractivity contribution in [1.29, 1.82) is 0 Å². The van der Waals surface area contributed by atoms with Crippen LogP contribution in [0, 0.1) is 5.82 Å². The summed E-state index contributed by atoms with van der Waals surface area (Å²) in [5.74, 6) is -1.16. The summed E-state index contributed by atoms with van der Waals surface area (Å²) in [5.41, 5.74) is 0. The lowest BCUT2D eigenvalue weighted by atomic mass is 10.3. The topological polar surface area (TPSA) is 29.5 Å². The normalized spacial score (nSPS) is 9.92. The minimum Gasteiger partial charge on any atom is -0.503 e. The van der Waals surface area contributed by atoms with Gasteiger partial charge in [-0.3, -0.25) is 0 Å². The van der Waals surface area contributed by atoms with Gasteiger partial charge in [0.25, 0.3) is 0 Å². The predicted octanol–water partition coefficient (Wildman–Crippen LogP) is 2.60. The Morgan fingerprint density at radius 2 is 2.17 bits per heavy atom. The average molecular weight is 239 g/mol. The Kier molecular flexibility index (Phi) is 2.86. The van der Waals surface area contributed by atoms with Crippen LogP contribution in [0.15, 0.2) is 16.6 Å². The number of alkyl halides is 1. The summed E-state index contributed by atoms with van der Waals surface area (Å²) >= 11 is 2.77. The van der Waals surface area contributed by atoms with Gasteiger partial charge in [0.2, 0.25) is 6.86 Å². The third kappa shape index (κ3) is 1.66. The first kappa shape index (κ1) is 9.25. The largest absolute Gasteiger partial charge is 0.503 e. The van der Waals surface area contributed by atoms with Gasteiger partial charge in [-0.25, -0.2) is 8.78 Å². The molecule has 0 fully saturated rings. The molecule has 12 heavy (non-hydrogen) atoms.